The van der Waals surface area contributed by atoms with Crippen LogP contribution in [0.3, 0.4) is 0 Å². The molecule has 1 aliphatic rings. The van der Waals surface area contributed by atoms with E-state index < -0.39 is 0 Å². The molecule has 5 rings (SSSR count). The van der Waals surface area contributed by atoms with Gasteiger partial charge in [0.2, 0.25) is 5.78 Å². The minimum absolute atomic E-state index is 0.119. The number of ketones is 1. The summed E-state index contributed by atoms with van der Waals surface area (Å²) < 4.78 is 12.8. The summed E-state index contributed by atoms with van der Waals surface area (Å²) >= 11 is 3.43. The van der Waals surface area contributed by atoms with Gasteiger partial charge in [0.15, 0.2) is 5.76 Å². The first-order chi connectivity index (χ1) is 15.7. The van der Waals surface area contributed by atoms with Gasteiger partial charge in [-0.05, 0) is 52.6 Å². The van der Waals surface area contributed by atoms with Gasteiger partial charge in [0.25, 0.3) is 0 Å². The van der Waals surface area contributed by atoms with Crippen LogP contribution >= 0.6 is 15.9 Å². The second kappa shape index (κ2) is 8.85. The number of allylic oxidation sites excluding steroid dienone is 1. The first-order valence-electron chi connectivity index (χ1n) is 10.3. The first-order valence-corrected chi connectivity index (χ1v) is 11.1. The SMILES string of the molecule is O=C1/C(=C/c2ccc(-c3ccccc3)cc2)Oc2cc(OCc3ccc(Br)cc3)ccc21. The van der Waals surface area contributed by atoms with Crippen LogP contribution in [0.25, 0.3) is 17.2 Å². The van der Waals surface area contributed by atoms with Crippen LogP contribution in [0, 0.1) is 0 Å². The Morgan fingerprint density at radius 3 is 2.28 bits per heavy atom. The summed E-state index contributed by atoms with van der Waals surface area (Å²) in [6.45, 7) is 0.441. The Balaban J connectivity index is 1.30. The van der Waals surface area contributed by atoms with Crippen molar-refractivity contribution in [1.29, 1.82) is 0 Å². The molecule has 0 N–H and O–H groups in total. The highest BCUT2D eigenvalue weighted by Gasteiger charge is 2.27. The Kier molecular flexibility index (Phi) is 5.61. The molecular formula is C28H19BrO3. The molecule has 4 aromatic carbocycles. The Morgan fingerprint density at radius 1 is 0.812 bits per heavy atom. The molecule has 0 unspecified atom stereocenters. The topological polar surface area (TPSA) is 35.5 Å². The van der Waals surface area contributed by atoms with E-state index in [1.54, 1.807) is 24.3 Å². The minimum Gasteiger partial charge on any atom is -0.489 e. The molecule has 1 heterocycles. The van der Waals surface area contributed by atoms with Crippen LogP contribution in [0.1, 0.15) is 21.5 Å². The highest BCUT2D eigenvalue weighted by Crippen LogP contribution is 2.35. The number of benzene rings is 4. The number of hydrogen-bond donors (Lipinski definition) is 0. The largest absolute Gasteiger partial charge is 0.489 e. The number of fused-ring (bicyclic) bond motifs is 1. The highest BCUT2D eigenvalue weighted by molar-refractivity contribution is 9.10. The van der Waals surface area contributed by atoms with E-state index in [0.29, 0.717) is 29.4 Å². The molecule has 156 valence electrons. The summed E-state index contributed by atoms with van der Waals surface area (Å²) in [7, 11) is 0. The molecule has 0 radical (unpaired) electrons. The van der Waals surface area contributed by atoms with Crippen LogP contribution < -0.4 is 9.47 Å². The highest BCUT2D eigenvalue weighted by atomic mass is 79.9. The number of carbonyl (C=O) groups is 1. The lowest BCUT2D eigenvalue weighted by Gasteiger charge is -2.07. The molecule has 0 saturated heterocycles. The number of hydrogen-bond acceptors (Lipinski definition) is 3. The summed E-state index contributed by atoms with van der Waals surface area (Å²) in [5.74, 6) is 1.38. The predicted octanol–water partition coefficient (Wildman–Crippen LogP) is 7.31. The molecule has 0 amide bonds. The maximum absolute atomic E-state index is 12.8. The molecule has 32 heavy (non-hydrogen) atoms. The molecule has 0 aromatic heterocycles. The third-order valence-electron chi connectivity index (χ3n) is 5.28. The van der Waals surface area contributed by atoms with Gasteiger partial charge in [-0.15, -0.1) is 0 Å². The molecule has 0 aliphatic carbocycles. The van der Waals surface area contributed by atoms with Gasteiger partial charge in [0, 0.05) is 10.5 Å². The van der Waals surface area contributed by atoms with E-state index in [2.05, 4.69) is 28.1 Å². The van der Waals surface area contributed by atoms with Gasteiger partial charge in [-0.3, -0.25) is 4.79 Å². The Bertz CT molecular complexity index is 1290. The van der Waals surface area contributed by atoms with Crippen LogP contribution in [0.5, 0.6) is 11.5 Å². The summed E-state index contributed by atoms with van der Waals surface area (Å²) in [5, 5.41) is 0. The van der Waals surface area contributed by atoms with Crippen LogP contribution in [-0.2, 0) is 6.61 Å². The third-order valence-corrected chi connectivity index (χ3v) is 5.80. The number of rotatable bonds is 5. The van der Waals surface area contributed by atoms with Gasteiger partial charge in [0.1, 0.15) is 18.1 Å². The van der Waals surface area contributed by atoms with E-state index in [4.69, 9.17) is 9.47 Å². The quantitative estimate of drug-likeness (QED) is 0.279. The van der Waals surface area contributed by atoms with Crippen molar-refractivity contribution in [2.45, 2.75) is 6.61 Å². The Hall–Kier alpha value is -3.63. The van der Waals surface area contributed by atoms with Gasteiger partial charge >= 0.3 is 0 Å². The van der Waals surface area contributed by atoms with E-state index >= 15 is 0 Å². The van der Waals surface area contributed by atoms with Crippen molar-refractivity contribution in [1.82, 2.24) is 0 Å². The lowest BCUT2D eigenvalue weighted by molar-refractivity contribution is 0.101. The zero-order valence-electron chi connectivity index (χ0n) is 17.1. The molecular weight excluding hydrogens is 464 g/mol. The van der Waals surface area contributed by atoms with E-state index in [1.165, 1.54) is 0 Å². The number of halogens is 1. The maximum Gasteiger partial charge on any atom is 0.231 e. The third kappa shape index (κ3) is 4.36. The summed E-state index contributed by atoms with van der Waals surface area (Å²) in [6.07, 6.45) is 1.78. The normalized spacial score (nSPS) is 13.7. The summed E-state index contributed by atoms with van der Waals surface area (Å²) in [4.78, 5) is 12.8. The number of ether oxygens (including phenoxy) is 2. The lowest BCUT2D eigenvalue weighted by atomic mass is 10.0. The van der Waals surface area contributed by atoms with Gasteiger partial charge < -0.3 is 9.47 Å². The molecule has 0 fully saturated rings. The van der Waals surface area contributed by atoms with Crippen molar-refractivity contribution in [3.63, 3.8) is 0 Å². The first kappa shape index (κ1) is 20.3. The molecule has 0 spiro atoms. The van der Waals surface area contributed by atoms with Crippen molar-refractivity contribution < 1.29 is 14.3 Å². The van der Waals surface area contributed by atoms with Crippen molar-refractivity contribution in [2.75, 3.05) is 0 Å². The summed E-state index contributed by atoms with van der Waals surface area (Å²) in [6, 6.07) is 31.5. The predicted molar refractivity (Wildman–Crippen MR) is 130 cm³/mol. The van der Waals surface area contributed by atoms with Crippen LogP contribution in [-0.4, -0.2) is 5.78 Å². The van der Waals surface area contributed by atoms with Gasteiger partial charge in [-0.25, -0.2) is 0 Å². The molecule has 4 aromatic rings. The van der Waals surface area contributed by atoms with Crippen LogP contribution in [0.4, 0.5) is 0 Å². The van der Waals surface area contributed by atoms with Crippen molar-refractivity contribution >= 4 is 27.8 Å². The lowest BCUT2D eigenvalue weighted by Crippen LogP contribution is -1.98. The zero-order valence-corrected chi connectivity index (χ0v) is 18.7. The van der Waals surface area contributed by atoms with Gasteiger partial charge in [-0.1, -0.05) is 82.7 Å². The van der Waals surface area contributed by atoms with Crippen LogP contribution in [0.15, 0.2) is 107 Å². The molecule has 3 nitrogen and oxygen atoms in total. The molecule has 0 saturated carbocycles. The van der Waals surface area contributed by atoms with Crippen molar-refractivity contribution in [2.24, 2.45) is 0 Å². The Morgan fingerprint density at radius 2 is 1.53 bits per heavy atom. The fourth-order valence-corrected chi connectivity index (χ4v) is 3.82. The zero-order chi connectivity index (χ0) is 21.9. The van der Waals surface area contributed by atoms with E-state index in [0.717, 1.165) is 26.7 Å². The number of Topliss-reactive ketones (excluding diaryl/α,β-unsaturated/α-hetero) is 1. The van der Waals surface area contributed by atoms with E-state index in [9.17, 15) is 4.79 Å². The standard InChI is InChI=1S/C28H19BrO3/c29-23-12-8-20(9-13-23)18-31-24-14-15-25-26(17-24)32-27(28(25)30)16-19-6-10-22(11-7-19)21-4-2-1-3-5-21/h1-17H,18H2/b27-16-. The average molecular weight is 483 g/mol. The second-order valence-corrected chi connectivity index (χ2v) is 8.42. The van der Waals surface area contributed by atoms with Crippen LogP contribution in [0.2, 0.25) is 0 Å². The molecule has 4 heteroatoms. The average Bonchev–Trinajstić information content (AvgIpc) is 3.14. The molecule has 0 bridgehead atoms. The monoisotopic (exact) mass is 482 g/mol. The number of carbonyl (C=O) groups excluding carboxylic acids is 1. The van der Waals surface area contributed by atoms with Gasteiger partial charge in [0.05, 0.1) is 5.56 Å². The minimum atomic E-state index is -0.119. The summed E-state index contributed by atoms with van der Waals surface area (Å²) in [5.41, 5.74) is 4.80. The second-order valence-electron chi connectivity index (χ2n) is 7.50. The van der Waals surface area contributed by atoms with E-state index in [-0.39, 0.29) is 5.78 Å². The fraction of sp³-hybridized carbons (Fsp3) is 0.0357. The maximum atomic E-state index is 12.8. The Labute approximate surface area is 195 Å². The molecule has 0 atom stereocenters. The van der Waals surface area contributed by atoms with Gasteiger partial charge in [-0.2, -0.15) is 0 Å². The van der Waals surface area contributed by atoms with E-state index in [1.807, 2.05) is 66.7 Å². The smallest absolute Gasteiger partial charge is 0.231 e. The van der Waals surface area contributed by atoms with Crippen molar-refractivity contribution in [3.05, 3.63) is 124 Å². The van der Waals surface area contributed by atoms with Crippen molar-refractivity contribution in [3.8, 4) is 22.6 Å². The fourth-order valence-electron chi connectivity index (χ4n) is 3.56. The molecule has 1 aliphatic heterocycles.